The van der Waals surface area contributed by atoms with E-state index in [9.17, 15) is 4.39 Å². The van der Waals surface area contributed by atoms with Gasteiger partial charge in [0.1, 0.15) is 11.7 Å². The molecule has 0 amide bonds. The summed E-state index contributed by atoms with van der Waals surface area (Å²) in [6.45, 7) is 7.01. The molecule has 1 unspecified atom stereocenters. The van der Waals surface area contributed by atoms with Gasteiger partial charge in [-0.15, -0.1) is 24.8 Å². The molecule has 1 aliphatic heterocycles. The Morgan fingerprint density at radius 2 is 1.77 bits per heavy atom. The van der Waals surface area contributed by atoms with Gasteiger partial charge in [0.15, 0.2) is 5.82 Å². The van der Waals surface area contributed by atoms with Crippen molar-refractivity contribution in [3.63, 3.8) is 0 Å². The molecular weight excluding hydrogens is 438 g/mol. The van der Waals surface area contributed by atoms with Crippen LogP contribution in [0.2, 0.25) is 0 Å². The van der Waals surface area contributed by atoms with E-state index in [0.717, 1.165) is 60.7 Å². The van der Waals surface area contributed by atoms with E-state index in [-0.39, 0.29) is 37.8 Å². The van der Waals surface area contributed by atoms with Crippen LogP contribution in [0.25, 0.3) is 22.2 Å². The van der Waals surface area contributed by atoms with E-state index in [4.69, 9.17) is 10.1 Å². The van der Waals surface area contributed by atoms with Crippen LogP contribution in [0, 0.1) is 0 Å². The molecule has 168 valence electrons. The lowest BCUT2D eigenvalue weighted by Gasteiger charge is -2.35. The van der Waals surface area contributed by atoms with Gasteiger partial charge in [-0.3, -0.25) is 4.98 Å². The Morgan fingerprint density at radius 3 is 2.42 bits per heavy atom. The van der Waals surface area contributed by atoms with Crippen molar-refractivity contribution in [2.24, 2.45) is 0 Å². The van der Waals surface area contributed by atoms with Crippen LogP contribution in [-0.4, -0.2) is 59.3 Å². The summed E-state index contributed by atoms with van der Waals surface area (Å²) in [7, 11) is 0. The largest absolute Gasteiger partial charge is 0.396 e. The zero-order chi connectivity index (χ0) is 20.2. The number of likely N-dealkylation sites (N-methyl/N-ethyl adjacent to an activating group) is 1. The number of aliphatic hydroxyl groups excluding tert-OH is 1. The first-order chi connectivity index (χ1) is 14.2. The number of hydrogen-bond donors (Lipinski definition) is 1. The molecule has 1 aliphatic rings. The van der Waals surface area contributed by atoms with E-state index in [1.165, 1.54) is 0 Å². The van der Waals surface area contributed by atoms with Gasteiger partial charge in [0.25, 0.3) is 0 Å². The summed E-state index contributed by atoms with van der Waals surface area (Å²) in [5, 5.41) is 10.0. The molecule has 1 fully saturated rings. The van der Waals surface area contributed by atoms with Gasteiger partial charge in [-0.1, -0.05) is 37.3 Å². The number of alkyl halides is 1. The Morgan fingerprint density at radius 1 is 1.06 bits per heavy atom. The number of aromatic nitrogens is 2. The molecule has 5 nitrogen and oxygen atoms in total. The van der Waals surface area contributed by atoms with Crippen LogP contribution in [0.5, 0.6) is 0 Å². The number of fused-ring (bicyclic) bond motifs is 1. The maximum Gasteiger partial charge on any atom is 0.155 e. The standard InChI is InChI=1S/C23H27FN4O.2ClH/c1-2-27-11-13-28(14-12-27)23-22-19(4-3-10-25-22)16-21(26-23)18-7-5-17(6-8-18)20(24)9-15-29;;/h3-8,10,16,20,29H,2,9,11-15H2,1H3;2*1H. The lowest BCUT2D eigenvalue weighted by atomic mass is 10.0. The van der Waals surface area contributed by atoms with Crippen molar-refractivity contribution in [1.82, 2.24) is 14.9 Å². The highest BCUT2D eigenvalue weighted by Crippen LogP contribution is 2.30. The number of anilines is 1. The molecule has 31 heavy (non-hydrogen) atoms. The second-order valence-corrected chi connectivity index (χ2v) is 7.43. The number of hydrogen-bond acceptors (Lipinski definition) is 5. The quantitative estimate of drug-likeness (QED) is 0.571. The fourth-order valence-corrected chi connectivity index (χ4v) is 3.85. The maximum atomic E-state index is 14.1. The summed E-state index contributed by atoms with van der Waals surface area (Å²) in [5.41, 5.74) is 3.32. The normalized spacial score (nSPS) is 15.3. The molecule has 3 aromatic rings. The number of benzene rings is 1. The van der Waals surface area contributed by atoms with Crippen molar-refractivity contribution in [3.8, 4) is 11.3 Å². The van der Waals surface area contributed by atoms with Crippen LogP contribution in [-0.2, 0) is 0 Å². The first-order valence-corrected chi connectivity index (χ1v) is 10.3. The highest BCUT2D eigenvalue weighted by atomic mass is 35.5. The number of pyridine rings is 2. The first-order valence-electron chi connectivity index (χ1n) is 10.3. The Bertz CT molecular complexity index is 965. The number of rotatable bonds is 6. The summed E-state index contributed by atoms with van der Waals surface area (Å²) in [6.07, 6.45) is 0.785. The minimum atomic E-state index is -1.15. The highest BCUT2D eigenvalue weighted by Gasteiger charge is 2.20. The second-order valence-electron chi connectivity index (χ2n) is 7.43. The average Bonchev–Trinajstić information content (AvgIpc) is 2.78. The number of aliphatic hydroxyl groups is 1. The third-order valence-electron chi connectivity index (χ3n) is 5.64. The van der Waals surface area contributed by atoms with Crippen LogP contribution < -0.4 is 4.90 Å². The van der Waals surface area contributed by atoms with Gasteiger partial charge in [0.2, 0.25) is 0 Å². The molecular formula is C23H29Cl2FN4O. The minimum absolute atomic E-state index is 0. The first kappa shape index (κ1) is 25.3. The van der Waals surface area contributed by atoms with Crippen molar-refractivity contribution in [1.29, 1.82) is 0 Å². The molecule has 1 atom stereocenters. The maximum absolute atomic E-state index is 14.1. The monoisotopic (exact) mass is 466 g/mol. The molecule has 0 radical (unpaired) electrons. The molecule has 3 heterocycles. The van der Waals surface area contributed by atoms with Gasteiger partial charge < -0.3 is 14.9 Å². The van der Waals surface area contributed by atoms with Gasteiger partial charge in [-0.25, -0.2) is 9.37 Å². The Balaban J connectivity index is 0.00000171. The predicted molar refractivity (Wildman–Crippen MR) is 129 cm³/mol. The summed E-state index contributed by atoms with van der Waals surface area (Å²) in [4.78, 5) is 14.3. The van der Waals surface area contributed by atoms with Crippen molar-refractivity contribution in [3.05, 3.63) is 54.2 Å². The number of nitrogens with zero attached hydrogens (tertiary/aromatic N) is 4. The van der Waals surface area contributed by atoms with E-state index in [1.807, 2.05) is 30.5 Å². The molecule has 4 rings (SSSR count). The zero-order valence-corrected chi connectivity index (χ0v) is 19.2. The van der Waals surface area contributed by atoms with Crippen LogP contribution in [0.1, 0.15) is 25.1 Å². The molecule has 1 saturated heterocycles. The van der Waals surface area contributed by atoms with Gasteiger partial charge in [-0.05, 0) is 24.2 Å². The Labute approximate surface area is 195 Å². The molecule has 8 heteroatoms. The van der Waals surface area contributed by atoms with Crippen LogP contribution in [0.3, 0.4) is 0 Å². The van der Waals surface area contributed by atoms with Gasteiger partial charge in [0, 0.05) is 56.4 Å². The molecule has 0 saturated carbocycles. The second kappa shape index (κ2) is 11.6. The van der Waals surface area contributed by atoms with Gasteiger partial charge >= 0.3 is 0 Å². The minimum Gasteiger partial charge on any atom is -0.396 e. The lowest BCUT2D eigenvalue weighted by Crippen LogP contribution is -2.46. The number of halogens is 3. The average molecular weight is 467 g/mol. The van der Waals surface area contributed by atoms with Gasteiger partial charge in [-0.2, -0.15) is 0 Å². The van der Waals surface area contributed by atoms with Gasteiger partial charge in [0.05, 0.1) is 5.69 Å². The van der Waals surface area contributed by atoms with Crippen molar-refractivity contribution in [2.75, 3.05) is 44.2 Å². The Hall–Kier alpha value is -1.99. The van der Waals surface area contributed by atoms with E-state index >= 15 is 0 Å². The zero-order valence-electron chi connectivity index (χ0n) is 17.6. The lowest BCUT2D eigenvalue weighted by molar-refractivity contribution is 0.222. The van der Waals surface area contributed by atoms with Crippen LogP contribution >= 0.6 is 24.8 Å². The highest BCUT2D eigenvalue weighted by molar-refractivity contribution is 5.91. The van der Waals surface area contributed by atoms with Crippen molar-refractivity contribution in [2.45, 2.75) is 19.5 Å². The molecule has 1 aromatic carbocycles. The molecule has 1 N–H and O–H groups in total. The SMILES string of the molecule is CCN1CCN(c2nc(-c3ccc(C(F)CCO)cc3)cc3cccnc23)CC1.Cl.Cl. The summed E-state index contributed by atoms with van der Waals surface area (Å²) >= 11 is 0. The third-order valence-corrected chi connectivity index (χ3v) is 5.64. The van der Waals surface area contributed by atoms with E-state index in [0.29, 0.717) is 5.56 Å². The fraction of sp³-hybridized carbons (Fsp3) is 0.391. The molecule has 0 bridgehead atoms. The van der Waals surface area contributed by atoms with Crippen LogP contribution in [0.4, 0.5) is 10.2 Å². The summed E-state index contributed by atoms with van der Waals surface area (Å²) in [6, 6.07) is 13.4. The fourth-order valence-electron chi connectivity index (χ4n) is 3.85. The molecule has 0 spiro atoms. The molecule has 2 aromatic heterocycles. The van der Waals surface area contributed by atoms with E-state index in [2.05, 4.69) is 27.8 Å². The van der Waals surface area contributed by atoms with Crippen LogP contribution in [0.15, 0.2) is 48.7 Å². The molecule has 0 aliphatic carbocycles. The van der Waals surface area contributed by atoms with E-state index in [1.54, 1.807) is 12.1 Å². The predicted octanol–water partition coefficient (Wildman–Crippen LogP) is 4.68. The van der Waals surface area contributed by atoms with Crippen molar-refractivity contribution >= 4 is 41.5 Å². The Kier molecular flexibility index (Phi) is 9.44. The third kappa shape index (κ3) is 5.63. The summed E-state index contributed by atoms with van der Waals surface area (Å²) < 4.78 is 14.1. The topological polar surface area (TPSA) is 52.5 Å². The smallest absolute Gasteiger partial charge is 0.155 e. The summed E-state index contributed by atoms with van der Waals surface area (Å²) in [5.74, 6) is 0.918. The van der Waals surface area contributed by atoms with E-state index < -0.39 is 6.17 Å². The number of piperazine rings is 1. The van der Waals surface area contributed by atoms with Crippen molar-refractivity contribution < 1.29 is 9.50 Å².